The van der Waals surface area contributed by atoms with Gasteiger partial charge in [-0.15, -0.1) is 0 Å². The third-order valence-corrected chi connectivity index (χ3v) is 4.00. The molecule has 0 saturated carbocycles. The highest BCUT2D eigenvalue weighted by Gasteiger charge is 2.14. The number of aromatic carboxylic acids is 1. The molecule has 0 aliphatic carbocycles. The number of rotatable bonds is 4. The minimum absolute atomic E-state index is 0.0664. The molecule has 5 heteroatoms. The number of hydrogen-bond donors (Lipinski definition) is 1. The van der Waals surface area contributed by atoms with Crippen molar-refractivity contribution in [3.8, 4) is 17.0 Å². The molecule has 0 aliphatic heterocycles. The molecular weight excluding hydrogens is 370 g/mol. The summed E-state index contributed by atoms with van der Waals surface area (Å²) < 4.78 is 6.53. The minimum atomic E-state index is -0.976. The van der Waals surface area contributed by atoms with Crippen molar-refractivity contribution >= 4 is 32.8 Å². The largest absolute Gasteiger partial charge is 0.491 e. The third-order valence-electron chi connectivity index (χ3n) is 3.50. The lowest BCUT2D eigenvalue weighted by Crippen LogP contribution is -2.05. The van der Waals surface area contributed by atoms with E-state index in [1.165, 1.54) is 0 Å². The number of nitrogens with zero attached hydrogens (tertiary/aromatic N) is 1. The smallest absolute Gasteiger partial charge is 0.336 e. The molecule has 122 valence electrons. The fourth-order valence-corrected chi connectivity index (χ4v) is 2.88. The molecule has 0 atom stereocenters. The van der Waals surface area contributed by atoms with E-state index in [0.717, 1.165) is 15.8 Å². The molecule has 0 bridgehead atoms. The molecule has 3 rings (SSSR count). The maximum Gasteiger partial charge on any atom is 0.336 e. The Morgan fingerprint density at radius 3 is 2.67 bits per heavy atom. The molecule has 3 aromatic rings. The van der Waals surface area contributed by atoms with Gasteiger partial charge in [0.1, 0.15) is 5.75 Å². The first-order valence-corrected chi connectivity index (χ1v) is 8.34. The molecule has 0 saturated heterocycles. The Bertz CT molecular complexity index is 922. The Morgan fingerprint density at radius 1 is 1.17 bits per heavy atom. The van der Waals surface area contributed by atoms with Crippen LogP contribution in [0.15, 0.2) is 53.0 Å². The number of carboxylic acid groups (broad SMARTS) is 1. The highest BCUT2D eigenvalue weighted by Crippen LogP contribution is 2.29. The third kappa shape index (κ3) is 3.41. The number of hydrogen-bond acceptors (Lipinski definition) is 3. The molecule has 1 N–H and O–H groups in total. The lowest BCUT2D eigenvalue weighted by atomic mass is 10.0. The second kappa shape index (κ2) is 6.61. The number of pyridine rings is 1. The van der Waals surface area contributed by atoms with Gasteiger partial charge in [0.2, 0.25) is 0 Å². The Labute approximate surface area is 148 Å². The van der Waals surface area contributed by atoms with E-state index in [9.17, 15) is 9.90 Å². The topological polar surface area (TPSA) is 59.4 Å². The van der Waals surface area contributed by atoms with Crippen molar-refractivity contribution in [2.45, 2.75) is 20.0 Å². The van der Waals surface area contributed by atoms with Crippen LogP contribution in [0.25, 0.3) is 22.2 Å². The van der Waals surface area contributed by atoms with Gasteiger partial charge in [0.15, 0.2) is 0 Å². The van der Waals surface area contributed by atoms with Gasteiger partial charge in [-0.3, -0.25) is 0 Å². The summed E-state index contributed by atoms with van der Waals surface area (Å²) in [6.45, 7) is 3.92. The first-order chi connectivity index (χ1) is 11.4. The van der Waals surface area contributed by atoms with Crippen LogP contribution in [0.3, 0.4) is 0 Å². The van der Waals surface area contributed by atoms with Gasteiger partial charge in [0, 0.05) is 15.4 Å². The van der Waals surface area contributed by atoms with Crippen LogP contribution in [-0.4, -0.2) is 22.2 Å². The van der Waals surface area contributed by atoms with Crippen molar-refractivity contribution in [3.63, 3.8) is 0 Å². The summed E-state index contributed by atoms with van der Waals surface area (Å²) in [5, 5.41) is 10.2. The van der Waals surface area contributed by atoms with Crippen molar-refractivity contribution < 1.29 is 14.6 Å². The molecule has 1 heterocycles. The molecule has 0 aliphatic rings. The number of carboxylic acids is 1. The van der Waals surface area contributed by atoms with Crippen LogP contribution in [0.4, 0.5) is 0 Å². The van der Waals surface area contributed by atoms with E-state index in [-0.39, 0.29) is 11.7 Å². The molecular formula is C19H16BrNO3. The Morgan fingerprint density at radius 2 is 1.96 bits per heavy atom. The number of ether oxygens (including phenoxy) is 1. The maximum absolute atomic E-state index is 11.7. The first-order valence-electron chi connectivity index (χ1n) is 7.55. The van der Waals surface area contributed by atoms with Crippen LogP contribution < -0.4 is 4.74 Å². The zero-order valence-electron chi connectivity index (χ0n) is 13.3. The predicted molar refractivity (Wildman–Crippen MR) is 97.6 cm³/mol. The van der Waals surface area contributed by atoms with Crippen LogP contribution in [0.5, 0.6) is 5.75 Å². The van der Waals surface area contributed by atoms with Gasteiger partial charge in [0.25, 0.3) is 0 Å². The SMILES string of the molecule is CC(C)Oc1cccc(-c2cc(C(=O)O)c3cc(Br)ccc3n2)c1. The van der Waals surface area contributed by atoms with E-state index >= 15 is 0 Å². The average molecular weight is 386 g/mol. The summed E-state index contributed by atoms with van der Waals surface area (Å²) in [6, 6.07) is 14.6. The average Bonchev–Trinajstić information content (AvgIpc) is 2.53. The zero-order chi connectivity index (χ0) is 17.3. The molecule has 0 spiro atoms. The summed E-state index contributed by atoms with van der Waals surface area (Å²) in [5.41, 5.74) is 2.30. The molecule has 0 fully saturated rings. The van der Waals surface area contributed by atoms with E-state index in [1.54, 1.807) is 12.1 Å². The van der Waals surface area contributed by atoms with Crippen LogP contribution in [0.1, 0.15) is 24.2 Å². The number of aromatic nitrogens is 1. The van der Waals surface area contributed by atoms with Gasteiger partial charge in [-0.05, 0) is 50.2 Å². The van der Waals surface area contributed by atoms with Crippen molar-refractivity contribution in [2.75, 3.05) is 0 Å². The van der Waals surface area contributed by atoms with Gasteiger partial charge >= 0.3 is 5.97 Å². The second-order valence-electron chi connectivity index (χ2n) is 5.72. The standard InChI is InChI=1S/C19H16BrNO3/c1-11(2)24-14-5-3-4-12(8-14)18-10-16(19(22)23)15-9-13(20)6-7-17(15)21-18/h3-11H,1-2H3,(H,22,23). The lowest BCUT2D eigenvalue weighted by molar-refractivity contribution is 0.0699. The van der Waals surface area contributed by atoms with Crippen LogP contribution in [0, 0.1) is 0 Å². The number of carbonyl (C=O) groups is 1. The summed E-state index contributed by atoms with van der Waals surface area (Å²) in [4.78, 5) is 16.3. The normalized spacial score (nSPS) is 11.0. The highest BCUT2D eigenvalue weighted by atomic mass is 79.9. The van der Waals surface area contributed by atoms with Crippen LogP contribution in [-0.2, 0) is 0 Å². The van der Waals surface area contributed by atoms with E-state index in [2.05, 4.69) is 20.9 Å². The Hall–Kier alpha value is -2.40. The van der Waals surface area contributed by atoms with Gasteiger partial charge in [-0.2, -0.15) is 0 Å². The Kier molecular flexibility index (Phi) is 4.53. The molecule has 0 amide bonds. The molecule has 24 heavy (non-hydrogen) atoms. The zero-order valence-corrected chi connectivity index (χ0v) is 14.9. The summed E-state index contributed by atoms with van der Waals surface area (Å²) in [7, 11) is 0. The van der Waals surface area contributed by atoms with Gasteiger partial charge in [-0.25, -0.2) is 9.78 Å². The van der Waals surface area contributed by atoms with Crippen molar-refractivity contribution in [3.05, 3.63) is 58.6 Å². The van der Waals surface area contributed by atoms with Crippen LogP contribution >= 0.6 is 15.9 Å². The number of halogens is 1. The minimum Gasteiger partial charge on any atom is -0.491 e. The summed E-state index contributed by atoms with van der Waals surface area (Å²) in [6.07, 6.45) is 0.0664. The lowest BCUT2D eigenvalue weighted by Gasteiger charge is -2.12. The van der Waals surface area contributed by atoms with E-state index in [1.807, 2.05) is 50.2 Å². The molecule has 2 aromatic carbocycles. The predicted octanol–water partition coefficient (Wildman–Crippen LogP) is 5.15. The fourth-order valence-electron chi connectivity index (χ4n) is 2.52. The second-order valence-corrected chi connectivity index (χ2v) is 6.63. The van der Waals surface area contributed by atoms with Gasteiger partial charge in [0.05, 0.1) is 22.9 Å². The highest BCUT2D eigenvalue weighted by molar-refractivity contribution is 9.10. The fraction of sp³-hybridized carbons (Fsp3) is 0.158. The quantitative estimate of drug-likeness (QED) is 0.674. The van der Waals surface area contributed by atoms with E-state index in [4.69, 9.17) is 4.74 Å². The van der Waals surface area contributed by atoms with Crippen molar-refractivity contribution in [2.24, 2.45) is 0 Å². The van der Waals surface area contributed by atoms with Gasteiger partial charge in [-0.1, -0.05) is 28.1 Å². The molecule has 4 nitrogen and oxygen atoms in total. The Balaban J connectivity index is 2.17. The molecule has 0 radical (unpaired) electrons. The van der Waals surface area contributed by atoms with Crippen molar-refractivity contribution in [1.29, 1.82) is 0 Å². The van der Waals surface area contributed by atoms with Crippen molar-refractivity contribution in [1.82, 2.24) is 4.98 Å². The summed E-state index contributed by atoms with van der Waals surface area (Å²) in [5.74, 6) is -0.242. The monoisotopic (exact) mass is 385 g/mol. The van der Waals surface area contributed by atoms with Gasteiger partial charge < -0.3 is 9.84 Å². The number of fused-ring (bicyclic) bond motifs is 1. The number of benzene rings is 2. The van der Waals surface area contributed by atoms with E-state index < -0.39 is 5.97 Å². The summed E-state index contributed by atoms with van der Waals surface area (Å²) >= 11 is 3.37. The molecule has 1 aromatic heterocycles. The van der Waals surface area contributed by atoms with Crippen LogP contribution in [0.2, 0.25) is 0 Å². The first kappa shape index (κ1) is 16.5. The van der Waals surface area contributed by atoms with E-state index in [0.29, 0.717) is 16.6 Å². The molecule has 0 unspecified atom stereocenters. The maximum atomic E-state index is 11.7.